The number of rotatable bonds is 2. The first kappa shape index (κ1) is 13.8. The molecule has 2 rings (SSSR count). The second kappa shape index (κ2) is 6.53. The molecule has 1 saturated heterocycles. The highest BCUT2D eigenvalue weighted by molar-refractivity contribution is 5.79. The molecule has 18 heavy (non-hydrogen) atoms. The predicted molar refractivity (Wildman–Crippen MR) is 71.1 cm³/mol. The van der Waals surface area contributed by atoms with Gasteiger partial charge in [0.2, 0.25) is 5.91 Å². The molecule has 0 aromatic rings. The van der Waals surface area contributed by atoms with Crippen molar-refractivity contribution in [2.24, 2.45) is 17.6 Å². The van der Waals surface area contributed by atoms with Gasteiger partial charge in [0.25, 0.3) is 0 Å². The van der Waals surface area contributed by atoms with Crippen LogP contribution in [0.2, 0.25) is 0 Å². The lowest BCUT2D eigenvalue weighted by atomic mass is 9.81. The molecule has 0 aromatic carbocycles. The van der Waals surface area contributed by atoms with Gasteiger partial charge in [-0.25, -0.2) is 0 Å². The Kier molecular flexibility index (Phi) is 5.01. The summed E-state index contributed by atoms with van der Waals surface area (Å²) in [5.74, 6) is 1.22. The summed E-state index contributed by atoms with van der Waals surface area (Å²) in [7, 11) is 0. The molecular weight excluding hydrogens is 228 g/mol. The molecule has 0 bridgehead atoms. The molecule has 1 atom stereocenters. The zero-order valence-electron chi connectivity index (χ0n) is 11.4. The first-order valence-electron chi connectivity index (χ1n) is 7.31. The van der Waals surface area contributed by atoms with Crippen LogP contribution < -0.4 is 5.73 Å². The average Bonchev–Trinajstić information content (AvgIpc) is 2.63. The van der Waals surface area contributed by atoms with Gasteiger partial charge in [-0.15, -0.1) is 0 Å². The van der Waals surface area contributed by atoms with Gasteiger partial charge in [0.05, 0.1) is 6.10 Å². The van der Waals surface area contributed by atoms with Crippen LogP contribution in [0.15, 0.2) is 0 Å². The van der Waals surface area contributed by atoms with Crippen LogP contribution in [0.1, 0.15) is 39.0 Å². The largest absolute Gasteiger partial charge is 0.377 e. The van der Waals surface area contributed by atoms with Crippen LogP contribution in [0.5, 0.6) is 0 Å². The van der Waals surface area contributed by atoms with Gasteiger partial charge < -0.3 is 15.4 Å². The standard InChI is InChI=1S/C14H26N2O2/c1-11-10-16(7-2-8-18-11)14(17)13-5-3-12(9-15)4-6-13/h11-13H,2-10,15H2,1H3. The van der Waals surface area contributed by atoms with Crippen LogP contribution in [0.4, 0.5) is 0 Å². The Balaban J connectivity index is 1.86. The van der Waals surface area contributed by atoms with E-state index in [1.807, 2.05) is 4.90 Å². The van der Waals surface area contributed by atoms with E-state index in [0.717, 1.165) is 58.3 Å². The highest BCUT2D eigenvalue weighted by Crippen LogP contribution is 2.29. The number of hydrogen-bond acceptors (Lipinski definition) is 3. The van der Waals surface area contributed by atoms with E-state index >= 15 is 0 Å². The highest BCUT2D eigenvalue weighted by atomic mass is 16.5. The lowest BCUT2D eigenvalue weighted by molar-refractivity contribution is -0.137. The molecule has 0 aromatic heterocycles. The molecular formula is C14H26N2O2. The summed E-state index contributed by atoms with van der Waals surface area (Å²) in [6, 6.07) is 0. The third kappa shape index (κ3) is 3.45. The van der Waals surface area contributed by atoms with Crippen LogP contribution in [0.25, 0.3) is 0 Å². The molecule has 1 amide bonds. The molecule has 4 nitrogen and oxygen atoms in total. The number of carbonyl (C=O) groups excluding carboxylic acids is 1. The van der Waals surface area contributed by atoms with Gasteiger partial charge in [0.15, 0.2) is 0 Å². The minimum atomic E-state index is 0.178. The predicted octanol–water partition coefficient (Wildman–Crippen LogP) is 1.39. The van der Waals surface area contributed by atoms with E-state index in [1.54, 1.807) is 0 Å². The Morgan fingerprint density at radius 1 is 1.33 bits per heavy atom. The summed E-state index contributed by atoms with van der Waals surface area (Å²) in [6.07, 6.45) is 5.42. The van der Waals surface area contributed by atoms with E-state index in [4.69, 9.17) is 10.5 Å². The molecule has 4 heteroatoms. The quantitative estimate of drug-likeness (QED) is 0.810. The van der Waals surface area contributed by atoms with E-state index in [-0.39, 0.29) is 12.0 Å². The van der Waals surface area contributed by atoms with Crippen molar-refractivity contribution >= 4 is 5.91 Å². The van der Waals surface area contributed by atoms with Crippen molar-refractivity contribution in [3.63, 3.8) is 0 Å². The van der Waals surface area contributed by atoms with Crippen LogP contribution in [-0.2, 0) is 9.53 Å². The van der Waals surface area contributed by atoms with Crippen molar-refractivity contribution in [2.45, 2.75) is 45.1 Å². The summed E-state index contributed by atoms with van der Waals surface area (Å²) >= 11 is 0. The highest BCUT2D eigenvalue weighted by Gasteiger charge is 2.30. The fourth-order valence-corrected chi connectivity index (χ4v) is 3.10. The van der Waals surface area contributed by atoms with Gasteiger partial charge in [0, 0.05) is 25.6 Å². The van der Waals surface area contributed by atoms with E-state index < -0.39 is 0 Å². The molecule has 1 saturated carbocycles. The maximum absolute atomic E-state index is 12.5. The molecule has 2 aliphatic rings. The van der Waals surface area contributed by atoms with Gasteiger partial charge in [-0.3, -0.25) is 4.79 Å². The third-order valence-corrected chi connectivity index (χ3v) is 4.29. The van der Waals surface area contributed by atoms with Crippen molar-refractivity contribution in [1.82, 2.24) is 4.90 Å². The van der Waals surface area contributed by atoms with Crippen molar-refractivity contribution < 1.29 is 9.53 Å². The zero-order chi connectivity index (χ0) is 13.0. The van der Waals surface area contributed by atoms with Crippen molar-refractivity contribution in [2.75, 3.05) is 26.2 Å². The van der Waals surface area contributed by atoms with Gasteiger partial charge in [-0.1, -0.05) is 0 Å². The number of amides is 1. The monoisotopic (exact) mass is 254 g/mol. The Morgan fingerprint density at radius 3 is 2.72 bits per heavy atom. The average molecular weight is 254 g/mol. The fourth-order valence-electron chi connectivity index (χ4n) is 3.10. The molecule has 1 aliphatic carbocycles. The summed E-state index contributed by atoms with van der Waals surface area (Å²) in [6.45, 7) is 5.23. The number of ether oxygens (including phenoxy) is 1. The van der Waals surface area contributed by atoms with E-state index in [9.17, 15) is 4.79 Å². The summed E-state index contributed by atoms with van der Waals surface area (Å²) in [5, 5.41) is 0. The Labute approximate surface area is 110 Å². The molecule has 104 valence electrons. The first-order chi connectivity index (χ1) is 8.70. The lowest BCUT2D eigenvalue weighted by Gasteiger charge is -2.31. The molecule has 0 radical (unpaired) electrons. The molecule has 2 N–H and O–H groups in total. The number of nitrogens with two attached hydrogens (primary N) is 1. The molecule has 1 unspecified atom stereocenters. The van der Waals surface area contributed by atoms with E-state index in [1.165, 1.54) is 0 Å². The maximum Gasteiger partial charge on any atom is 0.225 e. The minimum absolute atomic E-state index is 0.178. The summed E-state index contributed by atoms with van der Waals surface area (Å²) < 4.78 is 5.59. The molecule has 0 spiro atoms. The van der Waals surface area contributed by atoms with Crippen LogP contribution in [0.3, 0.4) is 0 Å². The third-order valence-electron chi connectivity index (χ3n) is 4.29. The molecule has 1 aliphatic heterocycles. The van der Waals surface area contributed by atoms with Crippen molar-refractivity contribution in [3.8, 4) is 0 Å². The number of hydrogen-bond donors (Lipinski definition) is 1. The fraction of sp³-hybridized carbons (Fsp3) is 0.929. The van der Waals surface area contributed by atoms with E-state index in [2.05, 4.69) is 6.92 Å². The van der Waals surface area contributed by atoms with Crippen LogP contribution >= 0.6 is 0 Å². The molecule has 2 fully saturated rings. The maximum atomic E-state index is 12.5. The van der Waals surface area contributed by atoms with Gasteiger partial charge in [0.1, 0.15) is 0 Å². The van der Waals surface area contributed by atoms with Gasteiger partial charge in [-0.05, 0) is 51.5 Å². The Hall–Kier alpha value is -0.610. The SMILES string of the molecule is CC1CN(C(=O)C2CCC(CN)CC2)CCCO1. The summed E-state index contributed by atoms with van der Waals surface area (Å²) in [4.78, 5) is 14.5. The first-order valence-corrected chi connectivity index (χ1v) is 7.31. The Bertz CT molecular complexity index is 275. The topological polar surface area (TPSA) is 55.6 Å². The summed E-state index contributed by atoms with van der Waals surface area (Å²) in [5.41, 5.74) is 5.69. The van der Waals surface area contributed by atoms with Crippen molar-refractivity contribution in [3.05, 3.63) is 0 Å². The molecule has 1 heterocycles. The normalized spacial score (nSPS) is 34.1. The minimum Gasteiger partial charge on any atom is -0.377 e. The van der Waals surface area contributed by atoms with Crippen LogP contribution in [0, 0.1) is 11.8 Å². The zero-order valence-corrected chi connectivity index (χ0v) is 11.4. The van der Waals surface area contributed by atoms with Crippen molar-refractivity contribution in [1.29, 1.82) is 0 Å². The number of nitrogens with zero attached hydrogens (tertiary/aromatic N) is 1. The Morgan fingerprint density at radius 2 is 2.06 bits per heavy atom. The van der Waals surface area contributed by atoms with Crippen LogP contribution in [-0.4, -0.2) is 43.2 Å². The second-order valence-electron chi connectivity index (χ2n) is 5.77. The van der Waals surface area contributed by atoms with Gasteiger partial charge in [-0.2, -0.15) is 0 Å². The smallest absolute Gasteiger partial charge is 0.225 e. The lowest BCUT2D eigenvalue weighted by Crippen LogP contribution is -2.41. The van der Waals surface area contributed by atoms with Gasteiger partial charge >= 0.3 is 0 Å². The second-order valence-corrected chi connectivity index (χ2v) is 5.77. The van der Waals surface area contributed by atoms with E-state index in [0.29, 0.717) is 11.8 Å². The number of carbonyl (C=O) groups is 1.